The molecule has 0 spiro atoms. The Bertz CT molecular complexity index is 427. The summed E-state index contributed by atoms with van der Waals surface area (Å²) in [4.78, 5) is 20.4. The zero-order chi connectivity index (χ0) is 14.4. The lowest BCUT2D eigenvalue weighted by Gasteiger charge is -2.34. The summed E-state index contributed by atoms with van der Waals surface area (Å²) in [6, 6.07) is 3.79. The van der Waals surface area contributed by atoms with E-state index in [9.17, 15) is 4.79 Å². The molecule has 0 unspecified atom stereocenters. The van der Waals surface area contributed by atoms with E-state index in [1.165, 1.54) is 0 Å². The smallest absolute Gasteiger partial charge is 0.411 e. The lowest BCUT2D eigenvalue weighted by molar-refractivity contribution is 0.168. The van der Waals surface area contributed by atoms with Crippen LogP contribution < -0.4 is 10.2 Å². The lowest BCUT2D eigenvalue weighted by Crippen LogP contribution is -2.46. The number of pyridine rings is 1. The molecule has 1 aliphatic rings. The number of nitrogens with one attached hydrogen (secondary N) is 1. The van der Waals surface area contributed by atoms with Gasteiger partial charge in [-0.05, 0) is 25.6 Å². The van der Waals surface area contributed by atoms with Crippen molar-refractivity contribution in [3.63, 3.8) is 0 Å². The predicted octanol–water partition coefficient (Wildman–Crippen LogP) is 1.79. The number of rotatable bonds is 4. The third kappa shape index (κ3) is 3.84. The van der Waals surface area contributed by atoms with Crippen molar-refractivity contribution in [2.75, 3.05) is 49.5 Å². The van der Waals surface area contributed by atoms with Crippen LogP contribution in [-0.2, 0) is 4.74 Å². The van der Waals surface area contributed by atoms with Crippen LogP contribution in [0.5, 0.6) is 0 Å². The van der Waals surface area contributed by atoms with Crippen LogP contribution in [0.4, 0.5) is 16.3 Å². The van der Waals surface area contributed by atoms with E-state index in [1.807, 2.05) is 12.1 Å². The van der Waals surface area contributed by atoms with Gasteiger partial charge in [0.05, 0.1) is 18.5 Å². The molecular formula is C14H22N4O2. The van der Waals surface area contributed by atoms with Gasteiger partial charge < -0.3 is 14.5 Å². The molecule has 1 aromatic heterocycles. The number of hydrogen-bond acceptors (Lipinski definition) is 5. The first-order chi connectivity index (χ1) is 9.72. The quantitative estimate of drug-likeness (QED) is 0.910. The Kier molecular flexibility index (Phi) is 5.17. The highest BCUT2D eigenvalue weighted by Crippen LogP contribution is 2.16. The highest BCUT2D eigenvalue weighted by molar-refractivity contribution is 5.84. The molecular weight excluding hydrogens is 256 g/mol. The Balaban J connectivity index is 1.90. The average molecular weight is 278 g/mol. The fourth-order valence-electron chi connectivity index (χ4n) is 2.23. The molecule has 1 amide bonds. The van der Waals surface area contributed by atoms with Crippen LogP contribution >= 0.6 is 0 Å². The predicted molar refractivity (Wildman–Crippen MR) is 79.2 cm³/mol. The number of carbonyl (C=O) groups is 1. The van der Waals surface area contributed by atoms with Gasteiger partial charge in [0.25, 0.3) is 0 Å². The Morgan fingerprint density at radius 3 is 2.60 bits per heavy atom. The highest BCUT2D eigenvalue weighted by atomic mass is 16.5. The van der Waals surface area contributed by atoms with E-state index in [0.29, 0.717) is 12.3 Å². The van der Waals surface area contributed by atoms with E-state index in [-0.39, 0.29) is 0 Å². The minimum absolute atomic E-state index is 0.360. The first-order valence-corrected chi connectivity index (χ1v) is 7.10. The van der Waals surface area contributed by atoms with Crippen molar-refractivity contribution >= 4 is 17.6 Å². The summed E-state index contributed by atoms with van der Waals surface area (Å²) < 4.78 is 4.82. The molecule has 1 saturated heterocycles. The molecule has 20 heavy (non-hydrogen) atoms. The van der Waals surface area contributed by atoms with Crippen LogP contribution in [-0.4, -0.2) is 55.3 Å². The van der Waals surface area contributed by atoms with Gasteiger partial charge in [-0.15, -0.1) is 0 Å². The van der Waals surface area contributed by atoms with Gasteiger partial charge in [0.1, 0.15) is 5.82 Å². The van der Waals surface area contributed by atoms with Gasteiger partial charge in [0.15, 0.2) is 0 Å². The standard InChI is InChI=1S/C14H22N4O2/c1-3-17-7-9-18(10-8-17)13-6-5-12(11-15-13)16-14(19)20-4-2/h5-6,11H,3-4,7-10H2,1-2H3,(H,16,19). The largest absolute Gasteiger partial charge is 0.450 e. The normalized spacial score (nSPS) is 16.0. The van der Waals surface area contributed by atoms with E-state index in [1.54, 1.807) is 13.1 Å². The molecule has 6 heteroatoms. The first kappa shape index (κ1) is 14.6. The van der Waals surface area contributed by atoms with Crippen molar-refractivity contribution in [1.29, 1.82) is 0 Å². The van der Waals surface area contributed by atoms with Crippen LogP contribution in [0.15, 0.2) is 18.3 Å². The maximum atomic E-state index is 11.3. The lowest BCUT2D eigenvalue weighted by atomic mass is 10.3. The number of anilines is 2. The molecule has 2 heterocycles. The van der Waals surface area contributed by atoms with Crippen LogP contribution in [0, 0.1) is 0 Å². The van der Waals surface area contributed by atoms with Gasteiger partial charge in [0.2, 0.25) is 0 Å². The minimum Gasteiger partial charge on any atom is -0.450 e. The summed E-state index contributed by atoms with van der Waals surface area (Å²) in [5, 5.41) is 2.64. The van der Waals surface area contributed by atoms with Gasteiger partial charge >= 0.3 is 6.09 Å². The zero-order valence-corrected chi connectivity index (χ0v) is 12.1. The molecule has 0 bridgehead atoms. The fraction of sp³-hybridized carbons (Fsp3) is 0.571. The van der Waals surface area contributed by atoms with Gasteiger partial charge in [-0.1, -0.05) is 6.92 Å². The summed E-state index contributed by atoms with van der Waals surface area (Å²) >= 11 is 0. The summed E-state index contributed by atoms with van der Waals surface area (Å²) in [5.41, 5.74) is 0.652. The van der Waals surface area contributed by atoms with Crippen LogP contribution in [0.1, 0.15) is 13.8 Å². The van der Waals surface area contributed by atoms with E-state index < -0.39 is 6.09 Å². The Morgan fingerprint density at radius 2 is 2.05 bits per heavy atom. The summed E-state index contributed by atoms with van der Waals surface area (Å²) in [7, 11) is 0. The molecule has 0 radical (unpaired) electrons. The van der Waals surface area contributed by atoms with Crippen molar-refractivity contribution in [1.82, 2.24) is 9.88 Å². The number of piperazine rings is 1. The van der Waals surface area contributed by atoms with Crippen molar-refractivity contribution < 1.29 is 9.53 Å². The monoisotopic (exact) mass is 278 g/mol. The van der Waals surface area contributed by atoms with E-state index in [2.05, 4.69) is 27.0 Å². The maximum Gasteiger partial charge on any atom is 0.411 e. The summed E-state index contributed by atoms with van der Waals surface area (Å²) in [5.74, 6) is 0.954. The molecule has 0 saturated carbocycles. The molecule has 1 aromatic rings. The average Bonchev–Trinajstić information content (AvgIpc) is 2.48. The molecule has 1 N–H and O–H groups in total. The number of aromatic nitrogens is 1. The molecule has 2 rings (SSSR count). The molecule has 6 nitrogen and oxygen atoms in total. The summed E-state index contributed by atoms with van der Waals surface area (Å²) in [6.07, 6.45) is 1.22. The molecule has 1 aliphatic heterocycles. The third-order valence-electron chi connectivity index (χ3n) is 3.41. The van der Waals surface area contributed by atoms with Gasteiger partial charge in [0, 0.05) is 26.2 Å². The van der Waals surface area contributed by atoms with E-state index in [4.69, 9.17) is 4.74 Å². The number of carbonyl (C=O) groups excluding carboxylic acids is 1. The minimum atomic E-state index is -0.446. The van der Waals surface area contributed by atoms with Crippen molar-refractivity contribution in [2.24, 2.45) is 0 Å². The molecule has 110 valence electrons. The summed E-state index contributed by atoms with van der Waals surface area (Å²) in [6.45, 7) is 9.54. The zero-order valence-electron chi connectivity index (χ0n) is 12.1. The third-order valence-corrected chi connectivity index (χ3v) is 3.41. The van der Waals surface area contributed by atoms with E-state index >= 15 is 0 Å². The number of hydrogen-bond donors (Lipinski definition) is 1. The van der Waals surface area contributed by atoms with Gasteiger partial charge in [-0.3, -0.25) is 5.32 Å². The number of likely N-dealkylation sites (N-methyl/N-ethyl adjacent to an activating group) is 1. The Labute approximate surface area is 119 Å². The van der Waals surface area contributed by atoms with Gasteiger partial charge in [-0.2, -0.15) is 0 Å². The van der Waals surface area contributed by atoms with Crippen molar-refractivity contribution in [3.8, 4) is 0 Å². The molecule has 1 fully saturated rings. The van der Waals surface area contributed by atoms with Crippen LogP contribution in [0.2, 0.25) is 0 Å². The second-order valence-electron chi connectivity index (χ2n) is 4.67. The van der Waals surface area contributed by atoms with Crippen LogP contribution in [0.3, 0.4) is 0 Å². The van der Waals surface area contributed by atoms with Crippen molar-refractivity contribution in [3.05, 3.63) is 18.3 Å². The maximum absolute atomic E-state index is 11.3. The molecule has 0 aromatic carbocycles. The SMILES string of the molecule is CCOC(=O)Nc1ccc(N2CCN(CC)CC2)nc1. The fourth-order valence-corrected chi connectivity index (χ4v) is 2.23. The Morgan fingerprint density at radius 1 is 1.30 bits per heavy atom. The second kappa shape index (κ2) is 7.09. The second-order valence-corrected chi connectivity index (χ2v) is 4.67. The highest BCUT2D eigenvalue weighted by Gasteiger charge is 2.16. The first-order valence-electron chi connectivity index (χ1n) is 7.10. The topological polar surface area (TPSA) is 57.7 Å². The number of ether oxygens (including phenoxy) is 1. The number of amides is 1. The number of nitrogens with zero attached hydrogens (tertiary/aromatic N) is 3. The Hall–Kier alpha value is -1.82. The van der Waals surface area contributed by atoms with Gasteiger partial charge in [-0.25, -0.2) is 9.78 Å². The van der Waals surface area contributed by atoms with E-state index in [0.717, 1.165) is 38.5 Å². The molecule has 0 atom stereocenters. The van der Waals surface area contributed by atoms with Crippen LogP contribution in [0.25, 0.3) is 0 Å². The molecule has 0 aliphatic carbocycles. The van der Waals surface area contributed by atoms with Crippen molar-refractivity contribution in [2.45, 2.75) is 13.8 Å².